The first-order valence-electron chi connectivity index (χ1n) is 6.02. The fourth-order valence-corrected chi connectivity index (χ4v) is 3.79. The predicted octanol–water partition coefficient (Wildman–Crippen LogP) is 1.73. The van der Waals surface area contributed by atoms with E-state index in [0.717, 1.165) is 30.5 Å². The molecule has 1 saturated heterocycles. The Morgan fingerprint density at radius 1 is 1.67 bits per heavy atom. The number of anilines is 2. The molecule has 18 heavy (non-hydrogen) atoms. The highest BCUT2D eigenvalue weighted by Gasteiger charge is 2.26. The second kappa shape index (κ2) is 5.79. The highest BCUT2D eigenvalue weighted by atomic mass is 32.2. The van der Waals surface area contributed by atoms with Gasteiger partial charge in [0, 0.05) is 30.6 Å². The quantitative estimate of drug-likeness (QED) is 0.885. The fourth-order valence-electron chi connectivity index (χ4n) is 1.86. The number of aromatic nitrogens is 1. The van der Waals surface area contributed by atoms with Crippen molar-refractivity contribution in [2.75, 3.05) is 36.4 Å². The number of hydrogen-bond donors (Lipinski definition) is 2. The van der Waals surface area contributed by atoms with Gasteiger partial charge in [-0.3, -0.25) is 4.79 Å². The highest BCUT2D eigenvalue weighted by molar-refractivity contribution is 7.99. The van der Waals surface area contributed by atoms with Gasteiger partial charge in [-0.15, -0.1) is 0 Å². The molecule has 7 heteroatoms. The van der Waals surface area contributed by atoms with Gasteiger partial charge < -0.3 is 16.0 Å². The van der Waals surface area contributed by atoms with Crippen LogP contribution in [0, 0.1) is 0 Å². The largest absolute Gasteiger partial charge is 0.382 e. The van der Waals surface area contributed by atoms with E-state index in [4.69, 9.17) is 5.73 Å². The van der Waals surface area contributed by atoms with E-state index in [9.17, 15) is 4.79 Å². The number of amides is 1. The summed E-state index contributed by atoms with van der Waals surface area (Å²) in [5.41, 5.74) is 5.82. The van der Waals surface area contributed by atoms with Crippen LogP contribution < -0.4 is 11.1 Å². The zero-order chi connectivity index (χ0) is 13.1. The summed E-state index contributed by atoms with van der Waals surface area (Å²) in [6.45, 7) is 6.49. The lowest BCUT2D eigenvalue weighted by Crippen LogP contribution is -2.40. The third kappa shape index (κ3) is 2.89. The Labute approximate surface area is 115 Å². The van der Waals surface area contributed by atoms with E-state index in [-0.39, 0.29) is 5.91 Å². The number of hydrogen-bond acceptors (Lipinski definition) is 6. The second-order valence-electron chi connectivity index (χ2n) is 4.20. The summed E-state index contributed by atoms with van der Waals surface area (Å²) in [6, 6.07) is 0. The number of carbonyl (C=O) groups is 1. The van der Waals surface area contributed by atoms with Gasteiger partial charge in [-0.05, 0) is 6.92 Å². The van der Waals surface area contributed by atoms with E-state index < -0.39 is 0 Å². The third-order valence-electron chi connectivity index (χ3n) is 2.70. The van der Waals surface area contributed by atoms with Crippen molar-refractivity contribution in [2.45, 2.75) is 19.1 Å². The molecule has 5 nitrogen and oxygen atoms in total. The zero-order valence-electron chi connectivity index (χ0n) is 10.6. The minimum atomic E-state index is 0.0151. The lowest BCUT2D eigenvalue weighted by molar-refractivity contribution is 0.0769. The second-order valence-corrected chi connectivity index (χ2v) is 6.74. The summed E-state index contributed by atoms with van der Waals surface area (Å²) in [6.07, 6.45) is 0. The maximum Gasteiger partial charge on any atom is 0.267 e. The maximum atomic E-state index is 12.4. The summed E-state index contributed by atoms with van der Waals surface area (Å²) < 4.78 is 0. The van der Waals surface area contributed by atoms with Crippen molar-refractivity contribution in [3.8, 4) is 0 Å². The Morgan fingerprint density at radius 3 is 3.11 bits per heavy atom. The van der Waals surface area contributed by atoms with Gasteiger partial charge in [-0.25, -0.2) is 4.98 Å². The van der Waals surface area contributed by atoms with Crippen molar-refractivity contribution in [2.24, 2.45) is 0 Å². The average molecular weight is 286 g/mol. The van der Waals surface area contributed by atoms with Crippen molar-refractivity contribution >= 4 is 40.0 Å². The summed E-state index contributed by atoms with van der Waals surface area (Å²) in [5.74, 6) is 1.35. The lowest BCUT2D eigenvalue weighted by Gasteiger charge is -2.30. The van der Waals surface area contributed by atoms with E-state index in [1.54, 1.807) is 0 Å². The maximum absolute atomic E-state index is 12.4. The molecule has 0 bridgehead atoms. The van der Waals surface area contributed by atoms with Gasteiger partial charge in [-0.2, -0.15) is 11.8 Å². The molecule has 1 unspecified atom stereocenters. The molecule has 0 aliphatic carbocycles. The van der Waals surface area contributed by atoms with Gasteiger partial charge in [0.1, 0.15) is 10.7 Å². The topological polar surface area (TPSA) is 71.2 Å². The molecule has 3 N–H and O–H groups in total. The number of rotatable bonds is 3. The number of thioether (sulfide) groups is 1. The normalized spacial score (nSPS) is 19.9. The van der Waals surface area contributed by atoms with Gasteiger partial charge >= 0.3 is 0 Å². The average Bonchev–Trinajstić information content (AvgIpc) is 2.70. The number of carbonyl (C=O) groups excluding carboxylic acids is 1. The fraction of sp³-hybridized carbons (Fsp3) is 0.636. The minimum absolute atomic E-state index is 0.0151. The van der Waals surface area contributed by atoms with Crippen molar-refractivity contribution in [1.82, 2.24) is 9.88 Å². The van der Waals surface area contributed by atoms with Crippen LogP contribution in [0.1, 0.15) is 23.5 Å². The van der Waals surface area contributed by atoms with E-state index in [1.807, 2.05) is 23.6 Å². The Balaban J connectivity index is 2.12. The standard InChI is InChI=1S/C11H18N4OS2/c1-3-13-11-14-9(12)8(18-11)10(16)15-4-5-17-7(2)6-15/h7H,3-6,12H2,1-2H3,(H,13,14). The van der Waals surface area contributed by atoms with Crippen molar-refractivity contribution in [3.63, 3.8) is 0 Å². The molecular weight excluding hydrogens is 268 g/mol. The predicted molar refractivity (Wildman–Crippen MR) is 78.5 cm³/mol. The number of thiazole rings is 1. The van der Waals surface area contributed by atoms with Crippen LogP contribution in [0.5, 0.6) is 0 Å². The van der Waals surface area contributed by atoms with Crippen molar-refractivity contribution < 1.29 is 4.79 Å². The molecular formula is C11H18N4OS2. The SMILES string of the molecule is CCNc1nc(N)c(C(=O)N2CCSC(C)C2)s1. The van der Waals surface area contributed by atoms with E-state index in [0.29, 0.717) is 15.9 Å². The number of nitrogens with one attached hydrogen (secondary N) is 1. The van der Waals surface area contributed by atoms with Gasteiger partial charge in [-0.1, -0.05) is 18.3 Å². The van der Waals surface area contributed by atoms with Crippen LogP contribution in [0.3, 0.4) is 0 Å². The monoisotopic (exact) mass is 286 g/mol. The molecule has 1 aromatic heterocycles. The first-order chi connectivity index (χ1) is 8.61. The first kappa shape index (κ1) is 13.5. The molecule has 1 aliphatic rings. The van der Waals surface area contributed by atoms with Crippen LogP contribution in [-0.4, -0.2) is 46.4 Å². The summed E-state index contributed by atoms with van der Waals surface area (Å²) >= 11 is 3.24. The van der Waals surface area contributed by atoms with Gasteiger partial charge in [0.15, 0.2) is 5.13 Å². The van der Waals surface area contributed by atoms with E-state index in [2.05, 4.69) is 17.2 Å². The molecule has 0 saturated carbocycles. The van der Waals surface area contributed by atoms with E-state index in [1.165, 1.54) is 11.3 Å². The van der Waals surface area contributed by atoms with E-state index >= 15 is 0 Å². The van der Waals surface area contributed by atoms with Crippen LogP contribution in [0.25, 0.3) is 0 Å². The zero-order valence-corrected chi connectivity index (χ0v) is 12.2. The van der Waals surface area contributed by atoms with Crippen molar-refractivity contribution in [1.29, 1.82) is 0 Å². The van der Waals surface area contributed by atoms with Gasteiger partial charge in [0.2, 0.25) is 0 Å². The minimum Gasteiger partial charge on any atom is -0.382 e. The number of nitrogens with two attached hydrogens (primary N) is 1. The molecule has 1 atom stereocenters. The molecule has 0 radical (unpaired) electrons. The third-order valence-corrected chi connectivity index (χ3v) is 4.86. The van der Waals surface area contributed by atoms with Crippen LogP contribution in [-0.2, 0) is 0 Å². The molecule has 1 fully saturated rings. The Morgan fingerprint density at radius 2 is 2.44 bits per heavy atom. The molecule has 2 rings (SSSR count). The summed E-state index contributed by atoms with van der Waals surface area (Å²) in [4.78, 5) is 19.0. The smallest absolute Gasteiger partial charge is 0.267 e. The summed E-state index contributed by atoms with van der Waals surface area (Å²) in [7, 11) is 0. The first-order valence-corrected chi connectivity index (χ1v) is 7.89. The molecule has 1 aliphatic heterocycles. The molecule has 1 amide bonds. The number of nitrogens with zero attached hydrogens (tertiary/aromatic N) is 2. The Hall–Kier alpha value is -0.950. The molecule has 100 valence electrons. The molecule has 0 aromatic carbocycles. The number of nitrogen functional groups attached to an aromatic ring is 1. The molecule has 2 heterocycles. The van der Waals surface area contributed by atoms with Crippen LogP contribution in [0.15, 0.2) is 0 Å². The van der Waals surface area contributed by atoms with Crippen molar-refractivity contribution in [3.05, 3.63) is 4.88 Å². The van der Waals surface area contributed by atoms with Crippen LogP contribution >= 0.6 is 23.1 Å². The van der Waals surface area contributed by atoms with Gasteiger partial charge in [0.25, 0.3) is 5.91 Å². The molecule has 0 spiro atoms. The lowest BCUT2D eigenvalue weighted by atomic mass is 10.3. The Bertz CT molecular complexity index is 435. The van der Waals surface area contributed by atoms with Crippen LogP contribution in [0.4, 0.5) is 10.9 Å². The molecule has 1 aromatic rings. The van der Waals surface area contributed by atoms with Crippen LogP contribution in [0.2, 0.25) is 0 Å². The summed E-state index contributed by atoms with van der Waals surface area (Å²) in [5, 5.41) is 4.30. The highest BCUT2D eigenvalue weighted by Crippen LogP contribution is 2.28. The Kier molecular flexibility index (Phi) is 4.34. The van der Waals surface area contributed by atoms with Gasteiger partial charge in [0.05, 0.1) is 0 Å².